The first kappa shape index (κ1) is 11.2. The van der Waals surface area contributed by atoms with Gasteiger partial charge in [-0.25, -0.2) is 0 Å². The fraction of sp³-hybridized carbons (Fsp3) is 0.500. The molecule has 0 rings (SSSR count). The molecule has 0 amide bonds. The van der Waals surface area contributed by atoms with Gasteiger partial charge in [-0.05, 0) is 28.2 Å². The lowest BCUT2D eigenvalue weighted by Crippen LogP contribution is -2.53. The van der Waals surface area contributed by atoms with Crippen molar-refractivity contribution in [3.63, 3.8) is 0 Å². The summed E-state index contributed by atoms with van der Waals surface area (Å²) in [7, 11) is 7.72. The Balaban J connectivity index is 4.51. The molecule has 12 heavy (non-hydrogen) atoms. The molecular formula is C8H14B2N2. The largest absolute Gasteiger partial charge is 0.340 e. The predicted molar refractivity (Wildman–Crippen MR) is 56.5 cm³/mol. The Hall–Kier alpha value is -0.830. The van der Waals surface area contributed by atoms with E-state index in [1.165, 1.54) is 0 Å². The molecule has 0 saturated heterocycles. The van der Waals surface area contributed by atoms with E-state index in [0.29, 0.717) is 0 Å². The van der Waals surface area contributed by atoms with Crippen LogP contribution in [0.15, 0.2) is 0 Å². The van der Waals surface area contributed by atoms with E-state index in [9.17, 15) is 0 Å². The average Bonchev–Trinajstić information content (AvgIpc) is 1.98. The molecule has 0 aliphatic rings. The molecule has 0 radical (unpaired) electrons. The molecular weight excluding hydrogens is 146 g/mol. The van der Waals surface area contributed by atoms with Gasteiger partial charge in [0.15, 0.2) is 0 Å². The van der Waals surface area contributed by atoms with Gasteiger partial charge in [-0.15, -0.1) is 24.5 Å². The SMILES string of the molecule is C#CB(B(C#C)N(C)C)N(C)C. The topological polar surface area (TPSA) is 6.48 Å². The standard InChI is InChI=1S/C8H14B2N2/c1-7-9(11(3)4)10(8-2)12(5)6/h1-2H,3-6H3. The third-order valence-electron chi connectivity index (χ3n) is 1.75. The van der Waals surface area contributed by atoms with Crippen LogP contribution in [-0.4, -0.2) is 51.3 Å². The lowest BCUT2D eigenvalue weighted by Gasteiger charge is -2.23. The van der Waals surface area contributed by atoms with Crippen molar-refractivity contribution < 1.29 is 0 Å². The molecule has 0 aromatic rings. The van der Waals surface area contributed by atoms with Gasteiger partial charge in [-0.3, -0.25) is 0 Å². The monoisotopic (exact) mass is 160 g/mol. The smallest absolute Gasteiger partial charge is 0.311 e. The van der Waals surface area contributed by atoms with Crippen molar-refractivity contribution in [2.45, 2.75) is 0 Å². The van der Waals surface area contributed by atoms with Gasteiger partial charge >= 0.3 is 13.5 Å². The maximum atomic E-state index is 5.37. The van der Waals surface area contributed by atoms with Crippen LogP contribution >= 0.6 is 0 Å². The molecule has 62 valence electrons. The van der Waals surface area contributed by atoms with Crippen LogP contribution < -0.4 is 0 Å². The molecule has 0 aliphatic carbocycles. The zero-order valence-electron chi connectivity index (χ0n) is 8.20. The van der Waals surface area contributed by atoms with Crippen LogP contribution in [0.5, 0.6) is 0 Å². The molecule has 0 bridgehead atoms. The van der Waals surface area contributed by atoms with Crippen molar-refractivity contribution in [2.24, 2.45) is 0 Å². The summed E-state index contributed by atoms with van der Waals surface area (Å²) in [4.78, 5) is 3.90. The van der Waals surface area contributed by atoms with Crippen LogP contribution in [0.2, 0.25) is 0 Å². The van der Waals surface area contributed by atoms with Gasteiger partial charge in [0.25, 0.3) is 0 Å². The quantitative estimate of drug-likeness (QED) is 0.406. The first-order valence-corrected chi connectivity index (χ1v) is 3.79. The molecule has 0 fully saturated rings. The maximum Gasteiger partial charge on any atom is 0.311 e. The zero-order chi connectivity index (χ0) is 9.72. The first-order valence-electron chi connectivity index (χ1n) is 3.79. The number of rotatable bonds is 3. The molecule has 0 unspecified atom stereocenters. The van der Waals surface area contributed by atoms with Gasteiger partial charge in [0, 0.05) is 0 Å². The van der Waals surface area contributed by atoms with Crippen molar-refractivity contribution in [3.05, 3.63) is 0 Å². The Labute approximate surface area is 76.5 Å². The molecule has 0 aromatic carbocycles. The predicted octanol–water partition coefficient (Wildman–Crippen LogP) is -0.484. The van der Waals surface area contributed by atoms with E-state index in [2.05, 4.69) is 11.6 Å². The minimum atomic E-state index is -0.0231. The highest BCUT2D eigenvalue weighted by Crippen LogP contribution is 1.95. The lowest BCUT2D eigenvalue weighted by atomic mass is 9.20. The average molecular weight is 160 g/mol. The summed E-state index contributed by atoms with van der Waals surface area (Å²) in [6.45, 7) is -0.0463. The molecule has 0 aliphatic heterocycles. The van der Waals surface area contributed by atoms with Gasteiger partial charge in [0.05, 0.1) is 0 Å². The summed E-state index contributed by atoms with van der Waals surface area (Å²) >= 11 is 0. The number of nitrogens with zero attached hydrogens (tertiary/aromatic N) is 2. The fourth-order valence-electron chi connectivity index (χ4n) is 1.05. The number of hydrogen-bond donors (Lipinski definition) is 0. The van der Waals surface area contributed by atoms with Crippen molar-refractivity contribution in [1.82, 2.24) is 9.62 Å². The van der Waals surface area contributed by atoms with Gasteiger partial charge in [-0.1, -0.05) is 0 Å². The Kier molecular flexibility index (Phi) is 4.59. The van der Waals surface area contributed by atoms with Crippen LogP contribution in [0, 0.1) is 24.5 Å². The van der Waals surface area contributed by atoms with E-state index in [4.69, 9.17) is 12.8 Å². The van der Waals surface area contributed by atoms with Crippen LogP contribution in [0.3, 0.4) is 0 Å². The van der Waals surface area contributed by atoms with Gasteiger partial charge < -0.3 is 9.62 Å². The summed E-state index contributed by atoms with van der Waals surface area (Å²) < 4.78 is 0. The molecule has 0 atom stereocenters. The molecule has 0 saturated carbocycles. The zero-order valence-corrected chi connectivity index (χ0v) is 8.20. The van der Waals surface area contributed by atoms with Gasteiger partial charge in [0.2, 0.25) is 0 Å². The van der Waals surface area contributed by atoms with E-state index in [1.807, 2.05) is 37.8 Å². The number of terminal acetylenes is 2. The third kappa shape index (κ3) is 2.66. The van der Waals surface area contributed by atoms with E-state index >= 15 is 0 Å². The summed E-state index contributed by atoms with van der Waals surface area (Å²) in [6, 6.07) is 0. The minimum Gasteiger partial charge on any atom is -0.340 e. The minimum absolute atomic E-state index is 0.0231. The van der Waals surface area contributed by atoms with E-state index in [1.54, 1.807) is 0 Å². The van der Waals surface area contributed by atoms with E-state index in [0.717, 1.165) is 0 Å². The molecule has 0 heterocycles. The second-order valence-corrected chi connectivity index (χ2v) is 3.15. The van der Waals surface area contributed by atoms with Crippen LogP contribution in [-0.2, 0) is 0 Å². The van der Waals surface area contributed by atoms with Gasteiger partial charge in [-0.2, -0.15) is 0 Å². The summed E-state index contributed by atoms with van der Waals surface area (Å²) in [6.07, 6.45) is 10.7. The Morgan fingerprint density at radius 2 is 1.08 bits per heavy atom. The first-order chi connectivity index (χ1) is 5.54. The highest BCUT2D eigenvalue weighted by Gasteiger charge is 2.31. The lowest BCUT2D eigenvalue weighted by molar-refractivity contribution is 0.633. The van der Waals surface area contributed by atoms with Crippen molar-refractivity contribution in [1.29, 1.82) is 0 Å². The molecule has 4 heteroatoms. The second-order valence-electron chi connectivity index (χ2n) is 3.15. The normalized spacial score (nSPS) is 9.33. The molecule has 0 aromatic heterocycles. The third-order valence-corrected chi connectivity index (χ3v) is 1.75. The summed E-state index contributed by atoms with van der Waals surface area (Å²) in [5.74, 6) is 5.35. The second kappa shape index (κ2) is 4.93. The Morgan fingerprint density at radius 1 is 0.833 bits per heavy atom. The highest BCUT2D eigenvalue weighted by atomic mass is 15.0. The molecule has 0 N–H and O–H groups in total. The Bertz CT molecular complexity index is 188. The van der Waals surface area contributed by atoms with E-state index < -0.39 is 0 Å². The fourth-order valence-corrected chi connectivity index (χ4v) is 1.05. The van der Waals surface area contributed by atoms with Crippen LogP contribution in [0.4, 0.5) is 0 Å². The van der Waals surface area contributed by atoms with Crippen LogP contribution in [0.1, 0.15) is 0 Å². The summed E-state index contributed by atoms with van der Waals surface area (Å²) in [5, 5.41) is 0. The van der Waals surface area contributed by atoms with Crippen molar-refractivity contribution in [3.8, 4) is 24.5 Å². The van der Waals surface area contributed by atoms with E-state index in [-0.39, 0.29) is 13.5 Å². The summed E-state index contributed by atoms with van der Waals surface area (Å²) in [5.41, 5.74) is 0. The molecule has 0 spiro atoms. The van der Waals surface area contributed by atoms with Crippen molar-refractivity contribution >= 4 is 13.5 Å². The highest BCUT2D eigenvalue weighted by molar-refractivity contribution is 7.26. The Morgan fingerprint density at radius 3 is 1.17 bits per heavy atom. The van der Waals surface area contributed by atoms with Crippen molar-refractivity contribution in [2.75, 3.05) is 28.2 Å². The number of hydrogen-bond acceptors (Lipinski definition) is 2. The molecule has 2 nitrogen and oxygen atoms in total. The van der Waals surface area contributed by atoms with Gasteiger partial charge in [0.1, 0.15) is 0 Å². The maximum absolute atomic E-state index is 5.37. The van der Waals surface area contributed by atoms with Crippen LogP contribution in [0.25, 0.3) is 0 Å².